The third kappa shape index (κ3) is 4.24. The molecule has 8 nitrogen and oxygen atoms in total. The Morgan fingerprint density at radius 3 is 2.83 bits per heavy atom. The van der Waals surface area contributed by atoms with Crippen LogP contribution in [-0.2, 0) is 0 Å². The van der Waals surface area contributed by atoms with Gasteiger partial charge in [0.2, 0.25) is 0 Å². The van der Waals surface area contributed by atoms with Crippen molar-refractivity contribution in [1.29, 1.82) is 5.26 Å². The lowest BCUT2D eigenvalue weighted by atomic mass is 10.0. The molecule has 29 heavy (non-hydrogen) atoms. The number of carbonyl (C=O) groups is 1. The second-order valence-electron chi connectivity index (χ2n) is 6.07. The van der Waals surface area contributed by atoms with E-state index in [0.717, 1.165) is 0 Å². The molecule has 0 radical (unpaired) electrons. The van der Waals surface area contributed by atoms with Gasteiger partial charge in [0.05, 0.1) is 33.6 Å². The molecule has 1 amide bonds. The van der Waals surface area contributed by atoms with Gasteiger partial charge in [-0.1, -0.05) is 11.6 Å². The normalized spacial score (nSPS) is 11.6. The summed E-state index contributed by atoms with van der Waals surface area (Å²) in [6, 6.07) is 10.1. The molecule has 0 aliphatic rings. The van der Waals surface area contributed by atoms with Gasteiger partial charge in [-0.15, -0.1) is 0 Å². The van der Waals surface area contributed by atoms with E-state index in [4.69, 9.17) is 11.6 Å². The number of nitriles is 1. The number of hydrogen-bond donors (Lipinski definition) is 3. The molecule has 3 N–H and O–H groups in total. The zero-order valence-electron chi connectivity index (χ0n) is 15.4. The van der Waals surface area contributed by atoms with Crippen LogP contribution >= 0.6 is 27.5 Å². The quantitative estimate of drug-likeness (QED) is 0.488. The Kier molecular flexibility index (Phi) is 6.17. The molecule has 10 heteroatoms. The summed E-state index contributed by atoms with van der Waals surface area (Å²) in [4.78, 5) is 16.5. The third-order valence-electron chi connectivity index (χ3n) is 4.14. The summed E-state index contributed by atoms with van der Waals surface area (Å²) in [7, 11) is 1.49. The van der Waals surface area contributed by atoms with Crippen LogP contribution in [0.5, 0.6) is 0 Å². The molecule has 0 aliphatic heterocycles. The van der Waals surface area contributed by atoms with Gasteiger partial charge in [-0.3, -0.25) is 4.79 Å². The number of aromatic nitrogens is 3. The van der Waals surface area contributed by atoms with Gasteiger partial charge in [0.25, 0.3) is 5.91 Å². The third-order valence-corrected chi connectivity index (χ3v) is 4.83. The largest absolute Gasteiger partial charge is 0.368 e. The fourth-order valence-electron chi connectivity index (χ4n) is 2.83. The number of benzene rings is 1. The molecule has 0 saturated carbocycles. The van der Waals surface area contributed by atoms with Crippen LogP contribution in [0.15, 0.2) is 41.1 Å². The minimum absolute atomic E-state index is 0.240. The lowest BCUT2D eigenvalue weighted by Gasteiger charge is -2.20. The number of nitrogens with zero attached hydrogens (tertiary/aromatic N) is 4. The molecule has 0 fully saturated rings. The van der Waals surface area contributed by atoms with Crippen LogP contribution in [0, 0.1) is 18.3 Å². The van der Waals surface area contributed by atoms with Gasteiger partial charge in [-0.25, -0.2) is 9.67 Å². The number of carbonyl (C=O) groups excluding carboxylic acids is 1. The zero-order chi connectivity index (χ0) is 21.1. The molecule has 1 atom stereocenters. The predicted molar refractivity (Wildman–Crippen MR) is 112 cm³/mol. The minimum Gasteiger partial charge on any atom is -0.368 e. The van der Waals surface area contributed by atoms with Crippen molar-refractivity contribution in [3.05, 3.63) is 68.5 Å². The Balaban J connectivity index is 2.05. The Morgan fingerprint density at radius 1 is 1.41 bits per heavy atom. The van der Waals surface area contributed by atoms with E-state index in [2.05, 4.69) is 36.6 Å². The summed E-state index contributed by atoms with van der Waals surface area (Å²) < 4.78 is 1.88. The highest BCUT2D eigenvalue weighted by Crippen LogP contribution is 2.29. The number of aryl methyl sites for hydroxylation is 1. The van der Waals surface area contributed by atoms with E-state index < -0.39 is 6.23 Å². The molecule has 1 unspecified atom stereocenters. The van der Waals surface area contributed by atoms with Gasteiger partial charge < -0.3 is 15.7 Å². The zero-order valence-corrected chi connectivity index (χ0v) is 17.8. The summed E-state index contributed by atoms with van der Waals surface area (Å²) in [6.07, 6.45) is 0.316. The van der Waals surface area contributed by atoms with Gasteiger partial charge in [0.15, 0.2) is 12.0 Å². The van der Waals surface area contributed by atoms with Crippen molar-refractivity contribution in [2.45, 2.75) is 13.2 Å². The van der Waals surface area contributed by atoms with E-state index in [1.165, 1.54) is 17.8 Å². The number of anilines is 1. The first-order chi connectivity index (χ1) is 13.8. The Hall–Kier alpha value is -2.93. The molecule has 2 heterocycles. The van der Waals surface area contributed by atoms with Gasteiger partial charge in [-0.05, 0) is 58.7 Å². The lowest BCUT2D eigenvalue weighted by Crippen LogP contribution is -2.23. The van der Waals surface area contributed by atoms with Crippen molar-refractivity contribution < 1.29 is 9.90 Å². The molecule has 0 aliphatic carbocycles. The van der Waals surface area contributed by atoms with Crippen LogP contribution in [0.25, 0.3) is 5.82 Å². The Labute approximate surface area is 180 Å². The maximum absolute atomic E-state index is 12.3. The number of rotatable bonds is 5. The highest BCUT2D eigenvalue weighted by molar-refractivity contribution is 9.10. The van der Waals surface area contributed by atoms with Crippen molar-refractivity contribution in [1.82, 2.24) is 20.1 Å². The summed E-state index contributed by atoms with van der Waals surface area (Å²) >= 11 is 9.52. The summed E-state index contributed by atoms with van der Waals surface area (Å²) in [5.74, 6) is -0.0406. The molecule has 2 aromatic heterocycles. The first-order valence-electron chi connectivity index (χ1n) is 8.43. The SMILES string of the molecule is CNC(=O)c1cc(C#N)cc(C)c1NC(O)c1cc(Br)nn1-c1ncccc1Cl. The van der Waals surface area contributed by atoms with Gasteiger partial charge in [-0.2, -0.15) is 10.4 Å². The second kappa shape index (κ2) is 8.61. The van der Waals surface area contributed by atoms with Crippen LogP contribution in [0.4, 0.5) is 5.69 Å². The van der Waals surface area contributed by atoms with Gasteiger partial charge >= 0.3 is 0 Å². The monoisotopic (exact) mass is 474 g/mol. The first-order valence-corrected chi connectivity index (χ1v) is 9.60. The molecular weight excluding hydrogens is 460 g/mol. The molecule has 0 bridgehead atoms. The van der Waals surface area contributed by atoms with Crippen LogP contribution in [0.2, 0.25) is 5.02 Å². The number of aliphatic hydroxyl groups excluding tert-OH is 1. The first kappa shape index (κ1) is 20.8. The van der Waals surface area contributed by atoms with E-state index >= 15 is 0 Å². The lowest BCUT2D eigenvalue weighted by molar-refractivity contribution is 0.0963. The summed E-state index contributed by atoms with van der Waals surface area (Å²) in [5, 5.41) is 30.2. The number of hydrogen-bond acceptors (Lipinski definition) is 6. The molecule has 3 rings (SSSR count). The average Bonchev–Trinajstić information content (AvgIpc) is 3.10. The standard InChI is InChI=1S/C19H16BrClN6O2/c1-10-6-11(9-22)7-12(18(28)23-2)16(10)25-19(29)14-8-15(20)26-27(14)17-13(21)4-3-5-24-17/h3-8,19,25,29H,1-2H3,(H,23,28). The number of pyridine rings is 1. The number of amides is 1. The smallest absolute Gasteiger partial charge is 0.253 e. The highest BCUT2D eigenvalue weighted by Gasteiger charge is 2.22. The fourth-order valence-corrected chi connectivity index (χ4v) is 3.43. The second-order valence-corrected chi connectivity index (χ2v) is 7.29. The average molecular weight is 476 g/mol. The fraction of sp³-hybridized carbons (Fsp3) is 0.158. The van der Waals surface area contributed by atoms with Crippen LogP contribution < -0.4 is 10.6 Å². The van der Waals surface area contributed by atoms with Gasteiger partial charge in [0.1, 0.15) is 4.60 Å². The van der Waals surface area contributed by atoms with Gasteiger partial charge in [0, 0.05) is 13.2 Å². The van der Waals surface area contributed by atoms with E-state index in [1.54, 1.807) is 37.4 Å². The van der Waals surface area contributed by atoms with Crippen LogP contribution in [0.1, 0.15) is 33.4 Å². The van der Waals surface area contributed by atoms with E-state index in [9.17, 15) is 15.2 Å². The number of nitrogens with one attached hydrogen (secondary N) is 2. The molecule has 3 aromatic rings. The number of halogens is 2. The number of aliphatic hydroxyl groups is 1. The maximum atomic E-state index is 12.3. The Bertz CT molecular complexity index is 1120. The molecule has 0 spiro atoms. The molecular formula is C19H16BrClN6O2. The van der Waals surface area contributed by atoms with Crippen LogP contribution in [0.3, 0.4) is 0 Å². The van der Waals surface area contributed by atoms with Crippen molar-refractivity contribution in [2.75, 3.05) is 12.4 Å². The van der Waals surface area contributed by atoms with E-state index in [0.29, 0.717) is 38.0 Å². The maximum Gasteiger partial charge on any atom is 0.253 e. The predicted octanol–water partition coefficient (Wildman–Crippen LogP) is 3.33. The summed E-state index contributed by atoms with van der Waals surface area (Å²) in [6.45, 7) is 1.74. The highest BCUT2D eigenvalue weighted by atomic mass is 79.9. The molecule has 148 valence electrons. The van der Waals surface area contributed by atoms with E-state index in [1.807, 2.05) is 6.07 Å². The topological polar surface area (TPSA) is 116 Å². The van der Waals surface area contributed by atoms with Crippen molar-refractivity contribution in [2.24, 2.45) is 0 Å². The molecule has 0 saturated heterocycles. The van der Waals surface area contributed by atoms with E-state index in [-0.39, 0.29) is 11.5 Å². The van der Waals surface area contributed by atoms with Crippen molar-refractivity contribution in [3.8, 4) is 11.9 Å². The minimum atomic E-state index is -1.25. The van der Waals surface area contributed by atoms with Crippen LogP contribution in [-0.4, -0.2) is 32.8 Å². The molecule has 1 aromatic carbocycles. The van der Waals surface area contributed by atoms with Crippen molar-refractivity contribution >= 4 is 39.1 Å². The Morgan fingerprint density at radius 2 is 2.17 bits per heavy atom. The summed E-state index contributed by atoms with van der Waals surface area (Å²) in [5.41, 5.74) is 1.96. The van der Waals surface area contributed by atoms with Crippen molar-refractivity contribution in [3.63, 3.8) is 0 Å².